The van der Waals surface area contributed by atoms with Crippen molar-refractivity contribution in [1.29, 1.82) is 5.26 Å². The summed E-state index contributed by atoms with van der Waals surface area (Å²) in [4.78, 5) is 4.22. The number of rotatable bonds is 3. The van der Waals surface area contributed by atoms with Gasteiger partial charge in [0.05, 0.1) is 24.4 Å². The van der Waals surface area contributed by atoms with E-state index in [2.05, 4.69) is 11.1 Å². The van der Waals surface area contributed by atoms with Crippen LogP contribution >= 0.6 is 0 Å². The predicted octanol–water partition coefficient (Wildman–Crippen LogP) is 6.33. The minimum absolute atomic E-state index is 0.127. The number of benzene rings is 2. The fourth-order valence-electron chi connectivity index (χ4n) is 4.47. The van der Waals surface area contributed by atoms with Crippen molar-refractivity contribution in [1.82, 2.24) is 9.38 Å². The maximum Gasteiger partial charge on any atom is 0.416 e. The van der Waals surface area contributed by atoms with Crippen LogP contribution in [0.25, 0.3) is 11.2 Å². The molecule has 2 aromatic heterocycles. The van der Waals surface area contributed by atoms with Gasteiger partial charge in [-0.05, 0) is 47.9 Å². The topological polar surface area (TPSA) is 59.6 Å². The predicted molar refractivity (Wildman–Crippen MR) is 124 cm³/mol. The van der Waals surface area contributed by atoms with Gasteiger partial charge in [0.2, 0.25) is 5.88 Å². The van der Waals surface area contributed by atoms with E-state index in [1.165, 1.54) is 25.4 Å². The molecule has 2 aromatic carbocycles. The monoisotopic (exact) mass is 493 g/mol. The number of hydrogen-bond donors (Lipinski definition) is 0. The maximum atomic E-state index is 13.9. The Morgan fingerprint density at radius 3 is 2.64 bits per heavy atom. The third kappa shape index (κ3) is 4.05. The van der Waals surface area contributed by atoms with E-state index < -0.39 is 17.6 Å². The van der Waals surface area contributed by atoms with E-state index in [9.17, 15) is 22.8 Å². The standard InChI is InChI=1S/C27H19F4N3O2/c1-15(13-32)25-20-5-3-16(9-17(20)14-36-23-12-19(28)4-6-21(23)25)10-22-26(35-2)33-24-11-18(27(29,30)31)7-8-34(22)24/h3-9,11-12H,10,14H2,1-2H3. The van der Waals surface area contributed by atoms with Crippen LogP contribution in [0.4, 0.5) is 17.6 Å². The summed E-state index contributed by atoms with van der Waals surface area (Å²) in [5, 5.41) is 9.62. The molecule has 0 amide bonds. The zero-order chi connectivity index (χ0) is 25.6. The van der Waals surface area contributed by atoms with Crippen molar-refractivity contribution in [2.24, 2.45) is 0 Å². The highest BCUT2D eigenvalue weighted by Gasteiger charge is 2.31. The van der Waals surface area contributed by atoms with Gasteiger partial charge in [-0.25, -0.2) is 4.39 Å². The second-order valence-electron chi connectivity index (χ2n) is 8.42. The fraction of sp³-hybridized carbons (Fsp3) is 0.185. The van der Waals surface area contributed by atoms with Crippen molar-refractivity contribution >= 4 is 11.2 Å². The van der Waals surface area contributed by atoms with Crippen LogP contribution in [0.1, 0.15) is 40.4 Å². The number of ether oxygens (including phenoxy) is 2. The zero-order valence-electron chi connectivity index (χ0n) is 19.3. The molecule has 0 saturated carbocycles. The smallest absolute Gasteiger partial charge is 0.416 e. The van der Waals surface area contributed by atoms with Crippen LogP contribution in [-0.2, 0) is 19.2 Å². The summed E-state index contributed by atoms with van der Waals surface area (Å²) in [5.74, 6) is 0.133. The van der Waals surface area contributed by atoms with Crippen LogP contribution < -0.4 is 9.47 Å². The maximum absolute atomic E-state index is 13.9. The van der Waals surface area contributed by atoms with Crippen molar-refractivity contribution in [3.8, 4) is 17.7 Å². The second-order valence-corrected chi connectivity index (χ2v) is 8.42. The third-order valence-corrected chi connectivity index (χ3v) is 6.16. The molecule has 36 heavy (non-hydrogen) atoms. The number of allylic oxidation sites excluding steroid dienone is 1. The van der Waals surface area contributed by atoms with Gasteiger partial charge < -0.3 is 9.47 Å². The molecule has 0 fully saturated rings. The summed E-state index contributed by atoms with van der Waals surface area (Å²) in [6.07, 6.45) is -2.83. The molecule has 0 unspecified atom stereocenters. The van der Waals surface area contributed by atoms with E-state index in [1.54, 1.807) is 17.4 Å². The molecule has 182 valence electrons. The minimum Gasteiger partial charge on any atom is -0.488 e. The Morgan fingerprint density at radius 1 is 1.14 bits per heavy atom. The molecule has 0 aliphatic carbocycles. The number of methoxy groups -OCH3 is 1. The molecule has 3 heterocycles. The largest absolute Gasteiger partial charge is 0.488 e. The SMILES string of the molecule is COc1nc2cc(C(F)(F)F)ccn2c1Cc1ccc2c(c1)COc1cc(F)ccc1C2=C(C)C#N. The number of pyridine rings is 1. The molecule has 0 atom stereocenters. The highest BCUT2D eigenvalue weighted by Crippen LogP contribution is 2.39. The van der Waals surface area contributed by atoms with Crippen LogP contribution in [0.2, 0.25) is 0 Å². The lowest BCUT2D eigenvalue weighted by atomic mass is 9.89. The summed E-state index contributed by atoms with van der Waals surface area (Å²) < 4.78 is 66.2. The average Bonchev–Trinajstić information content (AvgIpc) is 3.11. The first-order chi connectivity index (χ1) is 17.2. The molecule has 0 spiro atoms. The summed E-state index contributed by atoms with van der Waals surface area (Å²) >= 11 is 0. The van der Waals surface area contributed by atoms with Crippen molar-refractivity contribution in [2.45, 2.75) is 26.1 Å². The lowest BCUT2D eigenvalue weighted by Crippen LogP contribution is -2.06. The Hall–Kier alpha value is -4.32. The minimum atomic E-state index is -4.48. The van der Waals surface area contributed by atoms with E-state index in [1.807, 2.05) is 18.2 Å². The first kappa shape index (κ1) is 23.4. The number of alkyl halides is 3. The highest BCUT2D eigenvalue weighted by atomic mass is 19.4. The molecule has 0 N–H and O–H groups in total. The summed E-state index contributed by atoms with van der Waals surface area (Å²) in [6.45, 7) is 1.85. The number of fused-ring (bicyclic) bond motifs is 3. The van der Waals surface area contributed by atoms with Crippen molar-refractivity contribution in [3.63, 3.8) is 0 Å². The summed E-state index contributed by atoms with van der Waals surface area (Å²) in [5.41, 5.74) is 4.11. The van der Waals surface area contributed by atoms with E-state index in [-0.39, 0.29) is 18.1 Å². The third-order valence-electron chi connectivity index (χ3n) is 6.16. The van der Waals surface area contributed by atoms with Gasteiger partial charge in [-0.3, -0.25) is 4.40 Å². The van der Waals surface area contributed by atoms with Gasteiger partial charge in [-0.1, -0.05) is 18.2 Å². The van der Waals surface area contributed by atoms with Crippen LogP contribution in [-0.4, -0.2) is 16.5 Å². The Balaban J connectivity index is 1.58. The molecular formula is C27H19F4N3O2. The normalized spacial score (nSPS) is 14.4. The number of nitriles is 1. The Kier molecular flexibility index (Phi) is 5.67. The molecule has 1 aliphatic heterocycles. The van der Waals surface area contributed by atoms with Gasteiger partial charge in [0, 0.05) is 35.4 Å². The van der Waals surface area contributed by atoms with Gasteiger partial charge in [0.15, 0.2) is 0 Å². The zero-order valence-corrected chi connectivity index (χ0v) is 19.3. The number of halogens is 4. The molecule has 9 heteroatoms. The summed E-state index contributed by atoms with van der Waals surface area (Å²) in [6, 6.07) is 14.0. The van der Waals surface area contributed by atoms with E-state index >= 15 is 0 Å². The van der Waals surface area contributed by atoms with E-state index in [0.29, 0.717) is 34.6 Å². The van der Waals surface area contributed by atoms with Crippen molar-refractivity contribution in [3.05, 3.63) is 99.6 Å². The van der Waals surface area contributed by atoms with Crippen LogP contribution in [0, 0.1) is 17.1 Å². The van der Waals surface area contributed by atoms with Crippen LogP contribution in [0.5, 0.6) is 11.6 Å². The second kappa shape index (κ2) is 8.72. The van der Waals surface area contributed by atoms with Crippen LogP contribution in [0.15, 0.2) is 60.3 Å². The number of hydrogen-bond acceptors (Lipinski definition) is 4. The first-order valence-corrected chi connectivity index (χ1v) is 11.0. The fourth-order valence-corrected chi connectivity index (χ4v) is 4.47. The Bertz CT molecular complexity index is 1580. The molecule has 4 aromatic rings. The van der Waals surface area contributed by atoms with Gasteiger partial charge >= 0.3 is 6.18 Å². The van der Waals surface area contributed by atoms with Crippen molar-refractivity contribution in [2.75, 3.05) is 7.11 Å². The molecule has 0 radical (unpaired) electrons. The van der Waals surface area contributed by atoms with Crippen LogP contribution in [0.3, 0.4) is 0 Å². The molecule has 0 bridgehead atoms. The molecule has 5 nitrogen and oxygen atoms in total. The lowest BCUT2D eigenvalue weighted by molar-refractivity contribution is -0.137. The van der Waals surface area contributed by atoms with Gasteiger partial charge in [-0.15, -0.1) is 0 Å². The van der Waals surface area contributed by atoms with Gasteiger partial charge in [0.1, 0.15) is 23.8 Å². The number of imidazole rings is 1. The Labute approximate surface area is 203 Å². The average molecular weight is 493 g/mol. The highest BCUT2D eigenvalue weighted by molar-refractivity contribution is 5.88. The lowest BCUT2D eigenvalue weighted by Gasteiger charge is -2.13. The van der Waals surface area contributed by atoms with E-state index in [4.69, 9.17) is 9.47 Å². The first-order valence-electron chi connectivity index (χ1n) is 11.0. The van der Waals surface area contributed by atoms with Gasteiger partial charge in [0.25, 0.3) is 0 Å². The number of aromatic nitrogens is 2. The molecule has 0 saturated heterocycles. The van der Waals surface area contributed by atoms with E-state index in [0.717, 1.165) is 28.8 Å². The van der Waals surface area contributed by atoms with Crippen molar-refractivity contribution < 1.29 is 27.0 Å². The molecular weight excluding hydrogens is 474 g/mol. The number of nitrogens with zero attached hydrogens (tertiary/aromatic N) is 3. The van der Waals surface area contributed by atoms with Gasteiger partial charge in [-0.2, -0.15) is 23.4 Å². The molecule has 5 rings (SSSR count). The quantitative estimate of drug-likeness (QED) is 0.247. The molecule has 1 aliphatic rings. The Morgan fingerprint density at radius 2 is 1.92 bits per heavy atom. The summed E-state index contributed by atoms with van der Waals surface area (Å²) in [7, 11) is 1.42.